The predicted molar refractivity (Wildman–Crippen MR) is 86.6 cm³/mol. The molecule has 22 heavy (non-hydrogen) atoms. The van der Waals surface area contributed by atoms with E-state index in [1.807, 2.05) is 12.3 Å². The van der Waals surface area contributed by atoms with Crippen LogP contribution in [0.1, 0.15) is 16.7 Å². The molecule has 0 saturated heterocycles. The Balaban J connectivity index is 1.73. The third kappa shape index (κ3) is 3.26. The molecule has 2 heterocycles. The van der Waals surface area contributed by atoms with Gasteiger partial charge >= 0.3 is 6.03 Å². The van der Waals surface area contributed by atoms with Gasteiger partial charge < -0.3 is 10.6 Å². The van der Waals surface area contributed by atoms with Crippen LogP contribution in [0, 0.1) is 0 Å². The average molecular weight is 296 g/mol. The van der Waals surface area contributed by atoms with Gasteiger partial charge in [0.25, 0.3) is 0 Å². The highest BCUT2D eigenvalue weighted by Gasteiger charge is 2.20. The molecule has 1 aliphatic rings. The molecule has 0 radical (unpaired) electrons. The normalized spacial score (nSPS) is 14.2. The van der Waals surface area contributed by atoms with E-state index in [0.717, 1.165) is 31.7 Å². The van der Waals surface area contributed by atoms with Gasteiger partial charge in [0.1, 0.15) is 0 Å². The lowest BCUT2D eigenvalue weighted by Gasteiger charge is -2.29. The van der Waals surface area contributed by atoms with Crippen molar-refractivity contribution in [3.05, 3.63) is 59.4 Å². The highest BCUT2D eigenvalue weighted by molar-refractivity contribution is 5.89. The lowest BCUT2D eigenvalue weighted by molar-refractivity contribution is 0.245. The van der Waals surface area contributed by atoms with Gasteiger partial charge in [-0.3, -0.25) is 9.88 Å². The van der Waals surface area contributed by atoms with Crippen LogP contribution >= 0.6 is 0 Å². The Morgan fingerprint density at radius 1 is 1.27 bits per heavy atom. The van der Waals surface area contributed by atoms with E-state index in [2.05, 4.69) is 44.8 Å². The van der Waals surface area contributed by atoms with Crippen LogP contribution < -0.4 is 10.6 Å². The molecule has 0 unspecified atom stereocenters. The minimum Gasteiger partial charge on any atom is -0.341 e. The highest BCUT2D eigenvalue weighted by Crippen LogP contribution is 2.25. The SMILES string of the molecule is CNC(=O)Nc1cncc2c1CCN(Cc1ccccc1)C2. The number of carbonyl (C=O) groups excluding carboxylic acids is 1. The number of pyridine rings is 1. The van der Waals surface area contributed by atoms with Crippen LogP contribution in [0.15, 0.2) is 42.7 Å². The van der Waals surface area contributed by atoms with Gasteiger partial charge in [-0.2, -0.15) is 0 Å². The molecule has 1 aliphatic heterocycles. The van der Waals surface area contributed by atoms with Crippen LogP contribution in [0.4, 0.5) is 10.5 Å². The zero-order chi connectivity index (χ0) is 15.4. The smallest absolute Gasteiger partial charge is 0.319 e. The molecule has 0 bridgehead atoms. The summed E-state index contributed by atoms with van der Waals surface area (Å²) in [5.74, 6) is 0. The first-order chi connectivity index (χ1) is 10.8. The van der Waals surface area contributed by atoms with Crippen LogP contribution in [0.25, 0.3) is 0 Å². The number of urea groups is 1. The van der Waals surface area contributed by atoms with Crippen molar-refractivity contribution >= 4 is 11.7 Å². The van der Waals surface area contributed by atoms with Crippen molar-refractivity contribution in [1.82, 2.24) is 15.2 Å². The van der Waals surface area contributed by atoms with E-state index < -0.39 is 0 Å². The van der Waals surface area contributed by atoms with Gasteiger partial charge in [-0.05, 0) is 23.1 Å². The number of fused-ring (bicyclic) bond motifs is 1. The van der Waals surface area contributed by atoms with Gasteiger partial charge in [0.15, 0.2) is 0 Å². The number of rotatable bonds is 3. The monoisotopic (exact) mass is 296 g/mol. The summed E-state index contributed by atoms with van der Waals surface area (Å²) >= 11 is 0. The van der Waals surface area contributed by atoms with Crippen molar-refractivity contribution in [2.24, 2.45) is 0 Å². The third-order valence-corrected chi connectivity index (χ3v) is 3.94. The molecule has 5 nitrogen and oxygen atoms in total. The Kier molecular flexibility index (Phi) is 4.34. The van der Waals surface area contributed by atoms with Crippen LogP contribution in [0.2, 0.25) is 0 Å². The molecule has 114 valence electrons. The number of benzene rings is 1. The number of anilines is 1. The van der Waals surface area contributed by atoms with Gasteiger partial charge in [0.05, 0.1) is 11.9 Å². The topological polar surface area (TPSA) is 57.3 Å². The fraction of sp³-hybridized carbons (Fsp3) is 0.294. The molecule has 3 rings (SSSR count). The molecule has 0 saturated carbocycles. The van der Waals surface area contributed by atoms with E-state index >= 15 is 0 Å². The number of carbonyl (C=O) groups is 1. The van der Waals surface area contributed by atoms with Gasteiger partial charge in [0.2, 0.25) is 0 Å². The van der Waals surface area contributed by atoms with E-state index in [1.54, 1.807) is 13.2 Å². The van der Waals surface area contributed by atoms with Crippen LogP contribution in [0.3, 0.4) is 0 Å². The molecule has 0 atom stereocenters. The summed E-state index contributed by atoms with van der Waals surface area (Å²) in [6.45, 7) is 2.78. The first-order valence-electron chi connectivity index (χ1n) is 7.47. The Hall–Kier alpha value is -2.40. The standard InChI is InChI=1S/C17H20N4O/c1-18-17(22)20-16-10-19-9-14-12-21(8-7-15(14)16)11-13-5-3-2-4-6-13/h2-6,9-10H,7-8,11-12H2,1H3,(H2,18,20,22). The Bertz CT molecular complexity index is 657. The number of nitrogens with zero attached hydrogens (tertiary/aromatic N) is 2. The summed E-state index contributed by atoms with van der Waals surface area (Å²) in [4.78, 5) is 18.2. The molecule has 1 aromatic heterocycles. The molecule has 5 heteroatoms. The summed E-state index contributed by atoms with van der Waals surface area (Å²) in [5, 5.41) is 5.43. The van der Waals surface area contributed by atoms with E-state index in [0.29, 0.717) is 0 Å². The number of hydrogen-bond acceptors (Lipinski definition) is 3. The maximum atomic E-state index is 11.5. The number of hydrogen-bond donors (Lipinski definition) is 2. The zero-order valence-corrected chi connectivity index (χ0v) is 12.7. The first kappa shape index (κ1) is 14.5. The third-order valence-electron chi connectivity index (χ3n) is 3.94. The van der Waals surface area contributed by atoms with Crippen LogP contribution in [0.5, 0.6) is 0 Å². The molecule has 1 aromatic carbocycles. The van der Waals surface area contributed by atoms with Crippen LogP contribution in [-0.2, 0) is 19.5 Å². The minimum atomic E-state index is -0.207. The maximum absolute atomic E-state index is 11.5. The van der Waals surface area contributed by atoms with Gasteiger partial charge in [-0.25, -0.2) is 4.79 Å². The Morgan fingerprint density at radius 2 is 2.09 bits per heavy atom. The van der Waals surface area contributed by atoms with Crippen molar-refractivity contribution in [2.75, 3.05) is 18.9 Å². The second-order valence-electron chi connectivity index (χ2n) is 5.48. The van der Waals surface area contributed by atoms with Crippen molar-refractivity contribution in [2.45, 2.75) is 19.5 Å². The fourth-order valence-corrected chi connectivity index (χ4v) is 2.82. The second-order valence-corrected chi connectivity index (χ2v) is 5.48. The van der Waals surface area contributed by atoms with Gasteiger partial charge in [-0.15, -0.1) is 0 Å². The molecule has 2 aromatic rings. The molecular weight excluding hydrogens is 276 g/mol. The molecule has 2 N–H and O–H groups in total. The van der Waals surface area contributed by atoms with Crippen molar-refractivity contribution in [3.63, 3.8) is 0 Å². The van der Waals surface area contributed by atoms with Crippen molar-refractivity contribution in [1.29, 1.82) is 0 Å². The summed E-state index contributed by atoms with van der Waals surface area (Å²) in [6.07, 6.45) is 4.55. The lowest BCUT2D eigenvalue weighted by Crippen LogP contribution is -2.32. The largest absolute Gasteiger partial charge is 0.341 e. The molecule has 0 aliphatic carbocycles. The molecule has 0 fully saturated rings. The summed E-state index contributed by atoms with van der Waals surface area (Å²) in [6, 6.07) is 10.3. The lowest BCUT2D eigenvalue weighted by atomic mass is 10.00. The molecule has 0 spiro atoms. The average Bonchev–Trinajstić information content (AvgIpc) is 2.56. The number of nitrogens with one attached hydrogen (secondary N) is 2. The van der Waals surface area contributed by atoms with E-state index in [9.17, 15) is 4.79 Å². The van der Waals surface area contributed by atoms with E-state index in [-0.39, 0.29) is 6.03 Å². The summed E-state index contributed by atoms with van der Waals surface area (Å²) in [7, 11) is 1.61. The Morgan fingerprint density at radius 3 is 2.86 bits per heavy atom. The maximum Gasteiger partial charge on any atom is 0.319 e. The summed E-state index contributed by atoms with van der Waals surface area (Å²) < 4.78 is 0. The Labute approximate surface area is 130 Å². The number of amides is 2. The van der Waals surface area contributed by atoms with Crippen LogP contribution in [-0.4, -0.2) is 29.5 Å². The van der Waals surface area contributed by atoms with Gasteiger partial charge in [0, 0.05) is 32.9 Å². The molecule has 2 amide bonds. The number of aromatic nitrogens is 1. The second kappa shape index (κ2) is 6.58. The summed E-state index contributed by atoms with van der Waals surface area (Å²) in [5.41, 5.74) is 4.52. The van der Waals surface area contributed by atoms with Gasteiger partial charge in [-0.1, -0.05) is 30.3 Å². The first-order valence-corrected chi connectivity index (χ1v) is 7.47. The fourth-order valence-electron chi connectivity index (χ4n) is 2.82. The quantitative estimate of drug-likeness (QED) is 0.914. The highest BCUT2D eigenvalue weighted by atomic mass is 16.2. The van der Waals surface area contributed by atoms with Crippen molar-refractivity contribution < 1.29 is 4.79 Å². The minimum absolute atomic E-state index is 0.207. The molecular formula is C17H20N4O. The van der Waals surface area contributed by atoms with E-state index in [1.165, 1.54) is 16.7 Å². The van der Waals surface area contributed by atoms with Crippen molar-refractivity contribution in [3.8, 4) is 0 Å². The van der Waals surface area contributed by atoms with E-state index in [4.69, 9.17) is 0 Å². The zero-order valence-electron chi connectivity index (χ0n) is 12.7. The predicted octanol–water partition coefficient (Wildman–Crippen LogP) is 2.39.